The molecule has 7 heteroatoms. The minimum Gasteiger partial charge on any atom is -0.332 e. The molecule has 0 fully saturated rings. The molecule has 0 atom stereocenters. The van der Waals surface area contributed by atoms with Crippen LogP contribution in [0.1, 0.15) is 11.1 Å². The fraction of sp³-hybridized carbons (Fsp3) is 0.0588. The van der Waals surface area contributed by atoms with Crippen molar-refractivity contribution < 1.29 is 9.72 Å². The molecule has 0 aliphatic heterocycles. The molecule has 122 valence electrons. The van der Waals surface area contributed by atoms with Crippen molar-refractivity contribution in [1.29, 1.82) is 0 Å². The number of aryl methyl sites for hydroxylation is 1. The molecule has 0 heterocycles. The molecule has 6 nitrogen and oxygen atoms in total. The minimum atomic E-state index is -0.486. The summed E-state index contributed by atoms with van der Waals surface area (Å²) in [5, 5.41) is 16.0. The van der Waals surface area contributed by atoms with Crippen LogP contribution in [-0.4, -0.2) is 15.9 Å². The van der Waals surface area contributed by atoms with E-state index in [0.717, 1.165) is 11.1 Å². The predicted octanol–water partition coefficient (Wildman–Crippen LogP) is 3.43. The Morgan fingerprint density at radius 1 is 1.12 bits per heavy atom. The highest BCUT2D eigenvalue weighted by Crippen LogP contribution is 2.15. The lowest BCUT2D eigenvalue weighted by molar-refractivity contribution is -0.384. The Bertz CT molecular complexity index is 784. The summed E-state index contributed by atoms with van der Waals surface area (Å²) in [6.45, 7) is 1.99. The molecule has 1 amide bonds. The number of anilines is 1. The molecule has 2 aromatic carbocycles. The Kier molecular flexibility index (Phi) is 5.75. The van der Waals surface area contributed by atoms with Gasteiger partial charge in [-0.3, -0.25) is 20.2 Å². The smallest absolute Gasteiger partial charge is 0.269 e. The van der Waals surface area contributed by atoms with E-state index < -0.39 is 4.92 Å². The maximum Gasteiger partial charge on any atom is 0.269 e. The third-order valence-corrected chi connectivity index (χ3v) is 3.28. The highest BCUT2D eigenvalue weighted by Gasteiger charge is 2.05. The first-order valence-electron chi connectivity index (χ1n) is 7.05. The zero-order chi connectivity index (χ0) is 17.5. The van der Waals surface area contributed by atoms with Crippen LogP contribution < -0.4 is 10.6 Å². The normalized spacial score (nSPS) is 10.4. The van der Waals surface area contributed by atoms with Gasteiger partial charge in [0.2, 0.25) is 5.91 Å². The van der Waals surface area contributed by atoms with Gasteiger partial charge in [-0.25, -0.2) is 0 Å². The summed E-state index contributed by atoms with van der Waals surface area (Å²) < 4.78 is 0. The van der Waals surface area contributed by atoms with Gasteiger partial charge in [-0.1, -0.05) is 29.8 Å². The predicted molar refractivity (Wildman–Crippen MR) is 97.7 cm³/mol. The maximum absolute atomic E-state index is 11.8. The van der Waals surface area contributed by atoms with Gasteiger partial charge in [0.15, 0.2) is 5.11 Å². The molecule has 2 rings (SSSR count). The number of non-ortho nitro benzene ring substituents is 1. The lowest BCUT2D eigenvalue weighted by Gasteiger charge is -2.07. The summed E-state index contributed by atoms with van der Waals surface area (Å²) in [7, 11) is 0. The van der Waals surface area contributed by atoms with E-state index in [4.69, 9.17) is 12.2 Å². The summed E-state index contributed by atoms with van der Waals surface area (Å²) in [5.74, 6) is -0.366. The van der Waals surface area contributed by atoms with E-state index in [1.807, 2.05) is 31.2 Å². The van der Waals surface area contributed by atoms with Gasteiger partial charge in [-0.15, -0.1) is 0 Å². The van der Waals surface area contributed by atoms with Crippen LogP contribution in [0.25, 0.3) is 6.08 Å². The van der Waals surface area contributed by atoms with Gasteiger partial charge in [-0.2, -0.15) is 0 Å². The molecule has 0 saturated carbocycles. The van der Waals surface area contributed by atoms with Crippen LogP contribution >= 0.6 is 12.2 Å². The topological polar surface area (TPSA) is 84.3 Å². The number of benzene rings is 2. The van der Waals surface area contributed by atoms with Gasteiger partial charge < -0.3 is 5.32 Å². The van der Waals surface area contributed by atoms with E-state index in [0.29, 0.717) is 5.69 Å². The molecule has 0 aromatic heterocycles. The molecule has 0 unspecified atom stereocenters. The number of carbonyl (C=O) groups is 1. The van der Waals surface area contributed by atoms with E-state index in [1.165, 1.54) is 30.3 Å². The SMILES string of the molecule is Cc1ccc(/C=C/C(=O)NC(=S)Nc2ccc([N+](=O)[O-])cc2)cc1. The van der Waals surface area contributed by atoms with Crippen LogP contribution in [0.3, 0.4) is 0 Å². The van der Waals surface area contributed by atoms with Crippen molar-refractivity contribution in [2.75, 3.05) is 5.32 Å². The second-order valence-corrected chi connectivity index (χ2v) is 5.40. The summed E-state index contributed by atoms with van der Waals surface area (Å²) >= 11 is 5.03. The number of hydrogen-bond donors (Lipinski definition) is 2. The van der Waals surface area contributed by atoms with Crippen molar-refractivity contribution in [2.24, 2.45) is 0 Å². The molecule has 0 bridgehead atoms. The van der Waals surface area contributed by atoms with Gasteiger partial charge in [0, 0.05) is 23.9 Å². The number of nitrogens with one attached hydrogen (secondary N) is 2. The van der Waals surface area contributed by atoms with Crippen molar-refractivity contribution in [3.05, 3.63) is 75.8 Å². The second kappa shape index (κ2) is 7.98. The molecule has 0 aliphatic rings. The number of nitro groups is 1. The molecule has 0 spiro atoms. The van der Waals surface area contributed by atoms with Crippen LogP contribution in [-0.2, 0) is 4.79 Å². The fourth-order valence-corrected chi connectivity index (χ4v) is 2.05. The highest BCUT2D eigenvalue weighted by molar-refractivity contribution is 7.80. The maximum atomic E-state index is 11.8. The number of nitrogens with zero attached hydrogens (tertiary/aromatic N) is 1. The Morgan fingerprint density at radius 3 is 2.33 bits per heavy atom. The number of amides is 1. The Balaban J connectivity index is 1.88. The summed E-state index contributed by atoms with van der Waals surface area (Å²) in [4.78, 5) is 21.9. The van der Waals surface area contributed by atoms with E-state index >= 15 is 0 Å². The van der Waals surface area contributed by atoms with Crippen molar-refractivity contribution in [3.8, 4) is 0 Å². The third-order valence-electron chi connectivity index (χ3n) is 3.08. The summed E-state index contributed by atoms with van der Waals surface area (Å²) in [5.41, 5.74) is 2.58. The average Bonchev–Trinajstić information content (AvgIpc) is 2.54. The fourth-order valence-electron chi connectivity index (χ4n) is 1.83. The lowest BCUT2D eigenvalue weighted by Crippen LogP contribution is -2.32. The Morgan fingerprint density at radius 2 is 1.75 bits per heavy atom. The van der Waals surface area contributed by atoms with Gasteiger partial charge in [0.05, 0.1) is 4.92 Å². The molecular weight excluding hydrogens is 326 g/mol. The van der Waals surface area contributed by atoms with E-state index in [1.54, 1.807) is 6.08 Å². The van der Waals surface area contributed by atoms with Crippen LogP contribution in [0.2, 0.25) is 0 Å². The third kappa shape index (κ3) is 5.29. The molecule has 2 N–H and O–H groups in total. The molecular formula is C17H15N3O3S. The van der Waals surface area contributed by atoms with E-state index in [2.05, 4.69) is 10.6 Å². The minimum absolute atomic E-state index is 0.0171. The largest absolute Gasteiger partial charge is 0.332 e. The average molecular weight is 341 g/mol. The van der Waals surface area contributed by atoms with Gasteiger partial charge >= 0.3 is 0 Å². The summed E-state index contributed by atoms with van der Waals surface area (Å²) in [6, 6.07) is 13.5. The quantitative estimate of drug-likeness (QED) is 0.385. The number of hydrogen-bond acceptors (Lipinski definition) is 4. The number of rotatable bonds is 4. The first-order chi connectivity index (χ1) is 11.4. The van der Waals surface area contributed by atoms with Gasteiger partial charge in [0.25, 0.3) is 5.69 Å². The monoisotopic (exact) mass is 341 g/mol. The van der Waals surface area contributed by atoms with Crippen molar-refractivity contribution in [2.45, 2.75) is 6.92 Å². The first-order valence-corrected chi connectivity index (χ1v) is 7.46. The van der Waals surface area contributed by atoms with Crippen molar-refractivity contribution >= 4 is 40.7 Å². The highest BCUT2D eigenvalue weighted by atomic mass is 32.1. The van der Waals surface area contributed by atoms with Gasteiger partial charge in [0.1, 0.15) is 0 Å². The van der Waals surface area contributed by atoms with Crippen molar-refractivity contribution in [3.63, 3.8) is 0 Å². The molecule has 0 saturated heterocycles. The molecule has 2 aromatic rings. The number of nitro benzene ring substituents is 1. The summed E-state index contributed by atoms with van der Waals surface area (Å²) in [6.07, 6.45) is 3.07. The number of carbonyl (C=O) groups excluding carboxylic acids is 1. The van der Waals surface area contributed by atoms with Crippen LogP contribution in [0.4, 0.5) is 11.4 Å². The lowest BCUT2D eigenvalue weighted by atomic mass is 10.1. The first kappa shape index (κ1) is 17.3. The van der Waals surface area contributed by atoms with Crippen LogP contribution in [0.5, 0.6) is 0 Å². The van der Waals surface area contributed by atoms with E-state index in [-0.39, 0.29) is 16.7 Å². The second-order valence-electron chi connectivity index (χ2n) is 4.99. The van der Waals surface area contributed by atoms with Crippen molar-refractivity contribution in [1.82, 2.24) is 5.32 Å². The standard InChI is InChI=1S/C17H15N3O3S/c1-12-2-4-13(5-3-12)6-11-16(21)19-17(24)18-14-7-9-15(10-8-14)20(22)23/h2-11H,1H3,(H2,18,19,21,24)/b11-6+. The zero-order valence-electron chi connectivity index (χ0n) is 12.9. The molecule has 0 radical (unpaired) electrons. The Hall–Kier alpha value is -3.06. The molecule has 0 aliphatic carbocycles. The van der Waals surface area contributed by atoms with E-state index in [9.17, 15) is 14.9 Å². The van der Waals surface area contributed by atoms with Crippen LogP contribution in [0.15, 0.2) is 54.6 Å². The van der Waals surface area contributed by atoms with Gasteiger partial charge in [-0.05, 0) is 42.9 Å². The number of thiocarbonyl (C=S) groups is 1. The molecule has 24 heavy (non-hydrogen) atoms. The zero-order valence-corrected chi connectivity index (χ0v) is 13.7. The van der Waals surface area contributed by atoms with Crippen LogP contribution in [0, 0.1) is 17.0 Å². The Labute approximate surface area is 144 Å².